The molecular formula is C45H27N3S2. The minimum absolute atomic E-state index is 0.649. The van der Waals surface area contributed by atoms with Crippen molar-refractivity contribution < 1.29 is 0 Å². The number of thiophene rings is 2. The molecule has 0 amide bonds. The number of fused-ring (bicyclic) bond motifs is 6. The molecule has 0 aliphatic rings. The molecule has 0 fully saturated rings. The summed E-state index contributed by atoms with van der Waals surface area (Å²) in [7, 11) is 0. The Morgan fingerprint density at radius 3 is 1.56 bits per heavy atom. The first kappa shape index (κ1) is 29.0. The zero-order chi connectivity index (χ0) is 33.0. The molecule has 7 aromatic carbocycles. The van der Waals surface area contributed by atoms with Crippen LogP contribution in [-0.4, -0.2) is 15.0 Å². The number of benzene rings is 7. The third kappa shape index (κ3) is 4.90. The Balaban J connectivity index is 1.23. The van der Waals surface area contributed by atoms with Crippen molar-refractivity contribution in [2.45, 2.75) is 0 Å². The summed E-state index contributed by atoms with van der Waals surface area (Å²) in [4.78, 5) is 15.3. The second-order valence-corrected chi connectivity index (χ2v) is 14.5. The second-order valence-electron chi connectivity index (χ2n) is 12.4. The van der Waals surface area contributed by atoms with Crippen molar-refractivity contribution in [1.82, 2.24) is 15.0 Å². The van der Waals surface area contributed by atoms with Gasteiger partial charge in [-0.15, -0.1) is 22.7 Å². The van der Waals surface area contributed by atoms with Crippen molar-refractivity contribution in [2.75, 3.05) is 0 Å². The van der Waals surface area contributed by atoms with Gasteiger partial charge < -0.3 is 0 Å². The predicted octanol–water partition coefficient (Wildman–Crippen LogP) is 12.9. The molecule has 3 heterocycles. The van der Waals surface area contributed by atoms with Gasteiger partial charge in [-0.3, -0.25) is 0 Å². The fourth-order valence-corrected chi connectivity index (χ4v) is 9.33. The molecule has 0 saturated carbocycles. The highest BCUT2D eigenvalue weighted by Crippen LogP contribution is 2.43. The number of hydrogen-bond acceptors (Lipinski definition) is 5. The van der Waals surface area contributed by atoms with Gasteiger partial charge in [0.25, 0.3) is 0 Å². The van der Waals surface area contributed by atoms with Crippen LogP contribution in [0, 0.1) is 0 Å². The maximum absolute atomic E-state index is 5.15. The monoisotopic (exact) mass is 673 g/mol. The van der Waals surface area contributed by atoms with Crippen LogP contribution in [0.25, 0.3) is 96.8 Å². The zero-order valence-electron chi connectivity index (χ0n) is 26.7. The molecule has 0 atom stereocenters. The van der Waals surface area contributed by atoms with Crippen molar-refractivity contribution >= 4 is 63.0 Å². The summed E-state index contributed by atoms with van der Waals surface area (Å²) < 4.78 is 5.15. The lowest BCUT2D eigenvalue weighted by Gasteiger charge is -2.14. The molecule has 0 N–H and O–H groups in total. The average Bonchev–Trinajstić information content (AvgIpc) is 3.76. The van der Waals surface area contributed by atoms with Crippen molar-refractivity contribution in [3.05, 3.63) is 164 Å². The number of aromatic nitrogens is 3. The van der Waals surface area contributed by atoms with E-state index in [-0.39, 0.29) is 0 Å². The highest BCUT2D eigenvalue weighted by Gasteiger charge is 2.19. The van der Waals surface area contributed by atoms with Crippen molar-refractivity contribution in [2.24, 2.45) is 0 Å². The van der Waals surface area contributed by atoms with Crippen LogP contribution in [-0.2, 0) is 0 Å². The predicted molar refractivity (Wildman–Crippen MR) is 213 cm³/mol. The van der Waals surface area contributed by atoms with Crippen LogP contribution >= 0.6 is 22.7 Å². The molecule has 234 valence electrons. The third-order valence-electron chi connectivity index (χ3n) is 9.36. The molecule has 10 aromatic rings. The zero-order valence-corrected chi connectivity index (χ0v) is 28.4. The Kier molecular flexibility index (Phi) is 6.86. The Bertz CT molecular complexity index is 2810. The minimum atomic E-state index is 0.649. The van der Waals surface area contributed by atoms with E-state index in [4.69, 9.17) is 15.0 Å². The van der Waals surface area contributed by atoms with Crippen LogP contribution in [0.15, 0.2) is 164 Å². The molecule has 5 heteroatoms. The molecule has 10 rings (SSSR count). The number of nitrogens with zero attached hydrogens (tertiary/aromatic N) is 3. The van der Waals surface area contributed by atoms with Gasteiger partial charge in [-0.05, 0) is 52.6 Å². The molecule has 50 heavy (non-hydrogen) atoms. The molecular weight excluding hydrogens is 647 g/mol. The molecule has 0 bridgehead atoms. The standard InChI is InChI=1S/C45H27N3S2/c1-3-12-28(13-4-1)43-46-44(29-14-5-2-6-15-29)48-45(47-43)37-25-23-30(32-18-11-19-36-34-17-8-10-21-40(34)50-42(32)36)26-38(37)31-22-24-35-33-16-7-9-20-39(33)49-41(35)27-31/h1-27H. The smallest absolute Gasteiger partial charge is 0.164 e. The van der Waals surface area contributed by atoms with E-state index >= 15 is 0 Å². The fraction of sp³-hybridized carbons (Fsp3) is 0. The lowest BCUT2D eigenvalue weighted by atomic mass is 9.93. The number of rotatable bonds is 5. The van der Waals surface area contributed by atoms with E-state index in [0.717, 1.165) is 33.4 Å². The minimum Gasteiger partial charge on any atom is -0.208 e. The van der Waals surface area contributed by atoms with Gasteiger partial charge in [0.2, 0.25) is 0 Å². The molecule has 0 saturated heterocycles. The molecule has 0 unspecified atom stereocenters. The molecule has 3 aromatic heterocycles. The molecule has 0 aliphatic heterocycles. The van der Waals surface area contributed by atoms with Crippen molar-refractivity contribution in [1.29, 1.82) is 0 Å². The van der Waals surface area contributed by atoms with E-state index in [9.17, 15) is 0 Å². The van der Waals surface area contributed by atoms with Crippen LogP contribution < -0.4 is 0 Å². The van der Waals surface area contributed by atoms with Gasteiger partial charge in [-0.1, -0.05) is 133 Å². The van der Waals surface area contributed by atoms with Crippen LogP contribution in [0.1, 0.15) is 0 Å². The highest BCUT2D eigenvalue weighted by atomic mass is 32.1. The van der Waals surface area contributed by atoms with Crippen LogP contribution in [0.3, 0.4) is 0 Å². The summed E-state index contributed by atoms with van der Waals surface area (Å²) in [6.45, 7) is 0. The summed E-state index contributed by atoms with van der Waals surface area (Å²) in [5, 5.41) is 5.16. The molecule has 0 radical (unpaired) electrons. The molecule has 3 nitrogen and oxygen atoms in total. The average molecular weight is 674 g/mol. The third-order valence-corrected chi connectivity index (χ3v) is 11.7. The van der Waals surface area contributed by atoms with E-state index in [2.05, 4.69) is 127 Å². The SMILES string of the molecule is c1ccc(-c2nc(-c3ccccc3)nc(-c3ccc(-c4cccc5c4sc4ccccc45)cc3-c3ccc4c(c3)sc3ccccc34)n2)cc1. The Morgan fingerprint density at radius 1 is 0.300 bits per heavy atom. The van der Waals surface area contributed by atoms with Crippen LogP contribution in [0.5, 0.6) is 0 Å². The van der Waals surface area contributed by atoms with Crippen LogP contribution in [0.2, 0.25) is 0 Å². The Hall–Kier alpha value is -6.01. The lowest BCUT2D eigenvalue weighted by Crippen LogP contribution is -2.01. The van der Waals surface area contributed by atoms with Gasteiger partial charge in [-0.2, -0.15) is 0 Å². The summed E-state index contributed by atoms with van der Waals surface area (Å²) in [6.07, 6.45) is 0. The van der Waals surface area contributed by atoms with E-state index in [0.29, 0.717) is 17.5 Å². The summed E-state index contributed by atoms with van der Waals surface area (Å²) >= 11 is 3.69. The molecule has 0 aliphatic carbocycles. The van der Waals surface area contributed by atoms with Crippen molar-refractivity contribution in [3.63, 3.8) is 0 Å². The lowest BCUT2D eigenvalue weighted by molar-refractivity contribution is 1.07. The van der Waals surface area contributed by atoms with Crippen LogP contribution in [0.4, 0.5) is 0 Å². The van der Waals surface area contributed by atoms with Gasteiger partial charge >= 0.3 is 0 Å². The maximum Gasteiger partial charge on any atom is 0.164 e. The van der Waals surface area contributed by atoms with Gasteiger partial charge in [0, 0.05) is 57.0 Å². The van der Waals surface area contributed by atoms with E-state index < -0.39 is 0 Å². The maximum atomic E-state index is 5.15. The summed E-state index contributed by atoms with van der Waals surface area (Å²) in [5.74, 6) is 1.95. The number of hydrogen-bond donors (Lipinski definition) is 0. The van der Waals surface area contributed by atoms with E-state index in [1.54, 1.807) is 0 Å². The fourth-order valence-electron chi connectivity index (χ4n) is 6.94. The second kappa shape index (κ2) is 11.8. The van der Waals surface area contributed by atoms with Gasteiger partial charge in [0.15, 0.2) is 17.5 Å². The molecule has 0 spiro atoms. The Morgan fingerprint density at radius 2 is 0.840 bits per heavy atom. The highest BCUT2D eigenvalue weighted by molar-refractivity contribution is 7.26. The quantitative estimate of drug-likeness (QED) is 0.182. The first-order valence-electron chi connectivity index (χ1n) is 16.6. The van der Waals surface area contributed by atoms with Gasteiger partial charge in [0.1, 0.15) is 0 Å². The van der Waals surface area contributed by atoms with Gasteiger partial charge in [-0.25, -0.2) is 15.0 Å². The largest absolute Gasteiger partial charge is 0.208 e. The summed E-state index contributed by atoms with van der Waals surface area (Å²) in [5.41, 5.74) is 7.48. The Labute approximate surface area is 296 Å². The summed E-state index contributed by atoms with van der Waals surface area (Å²) in [6, 6.07) is 58.0. The van der Waals surface area contributed by atoms with Gasteiger partial charge in [0.05, 0.1) is 0 Å². The normalized spacial score (nSPS) is 11.6. The first-order valence-corrected chi connectivity index (χ1v) is 18.2. The topological polar surface area (TPSA) is 38.7 Å². The van der Waals surface area contributed by atoms with E-state index in [1.165, 1.54) is 45.9 Å². The first-order chi connectivity index (χ1) is 24.8. The van der Waals surface area contributed by atoms with E-state index in [1.807, 2.05) is 59.1 Å². The van der Waals surface area contributed by atoms with Crippen molar-refractivity contribution in [3.8, 4) is 56.4 Å².